The molecule has 2 amide bonds. The number of rotatable bonds is 5. The second-order valence-electron chi connectivity index (χ2n) is 10.3. The Kier molecular flexibility index (Phi) is 5.51. The molecule has 0 radical (unpaired) electrons. The van der Waals surface area contributed by atoms with Gasteiger partial charge in [-0.2, -0.15) is 0 Å². The smallest absolute Gasteiger partial charge is 0.318 e. The van der Waals surface area contributed by atoms with Crippen LogP contribution < -0.4 is 5.32 Å². The third-order valence-electron chi connectivity index (χ3n) is 8.20. The third kappa shape index (κ3) is 3.98. The van der Waals surface area contributed by atoms with Crippen molar-refractivity contribution in [2.75, 3.05) is 26.7 Å². The lowest BCUT2D eigenvalue weighted by molar-refractivity contribution is -0.927. The van der Waals surface area contributed by atoms with Gasteiger partial charge in [0, 0.05) is 24.4 Å². The summed E-state index contributed by atoms with van der Waals surface area (Å²) in [7, 11) is 2.38. The van der Waals surface area contributed by atoms with Gasteiger partial charge in [0.05, 0.1) is 32.2 Å². The van der Waals surface area contributed by atoms with E-state index in [1.54, 1.807) is 0 Å². The molecule has 3 aliphatic rings. The Bertz CT molecular complexity index is 885. The largest absolute Gasteiger partial charge is 0.326 e. The summed E-state index contributed by atoms with van der Waals surface area (Å²) < 4.78 is 1.07. The van der Waals surface area contributed by atoms with Crippen LogP contribution >= 0.6 is 0 Å². The minimum atomic E-state index is -0.214. The number of carbonyl (C=O) groups is 1. The predicted molar refractivity (Wildman–Crippen MR) is 124 cm³/mol. The fraction of sp³-hybridized carbons (Fsp3) is 0.519. The topological polar surface area (TPSA) is 32.3 Å². The molecule has 2 aromatic rings. The number of nitrogens with one attached hydrogen (secondary N) is 1. The molecule has 164 valence electrons. The van der Waals surface area contributed by atoms with E-state index in [0.29, 0.717) is 12.0 Å². The highest BCUT2D eigenvalue weighted by atomic mass is 16.2. The molecule has 1 atom stereocenters. The van der Waals surface area contributed by atoms with Crippen molar-refractivity contribution in [2.45, 2.75) is 56.7 Å². The van der Waals surface area contributed by atoms with E-state index in [-0.39, 0.29) is 11.6 Å². The maximum absolute atomic E-state index is 13.3. The van der Waals surface area contributed by atoms with Crippen molar-refractivity contribution in [1.29, 1.82) is 0 Å². The highest BCUT2D eigenvalue weighted by molar-refractivity contribution is 5.79. The Hall–Kier alpha value is -2.33. The maximum Gasteiger partial charge on any atom is 0.318 e. The number of benzene rings is 2. The number of likely N-dealkylation sites (tertiary alicyclic amines) is 1. The molecule has 2 heterocycles. The monoisotopic (exact) mass is 418 g/mol. The first kappa shape index (κ1) is 20.6. The second kappa shape index (κ2) is 8.31. The average molecular weight is 419 g/mol. The molecule has 0 bridgehead atoms. The molecule has 31 heavy (non-hydrogen) atoms. The van der Waals surface area contributed by atoms with Gasteiger partial charge in [-0.25, -0.2) is 4.79 Å². The summed E-state index contributed by atoms with van der Waals surface area (Å²) in [6.45, 7) is 4.17. The van der Waals surface area contributed by atoms with Crippen LogP contribution in [-0.4, -0.2) is 48.1 Å². The van der Waals surface area contributed by atoms with Crippen molar-refractivity contribution in [1.82, 2.24) is 10.2 Å². The molecular weight excluding hydrogens is 382 g/mol. The van der Waals surface area contributed by atoms with Crippen LogP contribution in [0.25, 0.3) is 0 Å². The Morgan fingerprint density at radius 3 is 2.19 bits per heavy atom. The lowest BCUT2D eigenvalue weighted by Gasteiger charge is -2.43. The van der Waals surface area contributed by atoms with Crippen LogP contribution in [0, 0.1) is 5.92 Å². The zero-order valence-electron chi connectivity index (χ0n) is 18.8. The Balaban J connectivity index is 1.31. The summed E-state index contributed by atoms with van der Waals surface area (Å²) >= 11 is 0. The molecular formula is C27H36N3O+. The quantitative estimate of drug-likeness (QED) is 0.688. The van der Waals surface area contributed by atoms with Gasteiger partial charge in [0.1, 0.15) is 6.54 Å². The van der Waals surface area contributed by atoms with E-state index >= 15 is 0 Å². The fourth-order valence-corrected chi connectivity index (χ4v) is 6.39. The molecule has 4 nitrogen and oxygen atoms in total. The zero-order valence-corrected chi connectivity index (χ0v) is 18.8. The summed E-state index contributed by atoms with van der Waals surface area (Å²) in [5.41, 5.74) is 2.49. The van der Waals surface area contributed by atoms with Gasteiger partial charge in [-0.1, -0.05) is 73.5 Å². The van der Waals surface area contributed by atoms with Crippen LogP contribution in [0.15, 0.2) is 60.7 Å². The highest BCUT2D eigenvalue weighted by Crippen LogP contribution is 2.44. The van der Waals surface area contributed by atoms with Gasteiger partial charge in [-0.3, -0.25) is 0 Å². The van der Waals surface area contributed by atoms with E-state index in [9.17, 15) is 4.79 Å². The highest BCUT2D eigenvalue weighted by Gasteiger charge is 2.51. The number of amides is 2. The molecule has 4 heteroatoms. The average Bonchev–Trinajstić information content (AvgIpc) is 3.45. The van der Waals surface area contributed by atoms with Crippen LogP contribution in [0.4, 0.5) is 4.79 Å². The first-order valence-electron chi connectivity index (χ1n) is 12.1. The third-order valence-corrected chi connectivity index (χ3v) is 8.20. The van der Waals surface area contributed by atoms with Gasteiger partial charge < -0.3 is 14.7 Å². The summed E-state index contributed by atoms with van der Waals surface area (Å²) in [5.74, 6) is 0.548. The number of quaternary nitrogens is 1. The lowest BCUT2D eigenvalue weighted by atomic mass is 9.77. The van der Waals surface area contributed by atoms with E-state index < -0.39 is 0 Å². The van der Waals surface area contributed by atoms with Crippen molar-refractivity contribution < 1.29 is 9.28 Å². The van der Waals surface area contributed by atoms with Gasteiger partial charge in [0.25, 0.3) is 0 Å². The number of piperidine rings is 1. The molecule has 1 saturated carbocycles. The number of urea groups is 1. The molecule has 1 N–H and O–H groups in total. The van der Waals surface area contributed by atoms with Crippen molar-refractivity contribution >= 4 is 6.03 Å². The molecule has 2 saturated heterocycles. The van der Waals surface area contributed by atoms with E-state index in [1.165, 1.54) is 36.8 Å². The second-order valence-corrected chi connectivity index (χ2v) is 10.3. The van der Waals surface area contributed by atoms with Gasteiger partial charge >= 0.3 is 6.03 Å². The molecule has 3 fully saturated rings. The standard InChI is InChI=1S/C27H35N3O/c1-30(20-22-10-4-2-5-11-22)18-16-25(17-19-30)29-21-27(28-26(29)31,24-14-8-9-15-24)23-12-6-3-7-13-23/h2-7,10-13,24-25H,8-9,14-21H2,1H3/p+1. The summed E-state index contributed by atoms with van der Waals surface area (Å²) in [6.07, 6.45) is 7.19. The SMILES string of the molecule is C[N+]1(Cc2ccccc2)CCC(N2CC(c3ccccc3)(C3CCCC3)NC2=O)CC1. The van der Waals surface area contributed by atoms with Crippen LogP contribution in [0.5, 0.6) is 0 Å². The van der Waals surface area contributed by atoms with Crippen molar-refractivity contribution in [2.24, 2.45) is 5.92 Å². The van der Waals surface area contributed by atoms with E-state index in [4.69, 9.17) is 0 Å². The first-order valence-corrected chi connectivity index (χ1v) is 12.1. The molecule has 0 spiro atoms. The fourth-order valence-electron chi connectivity index (χ4n) is 6.39. The summed E-state index contributed by atoms with van der Waals surface area (Å²) in [4.78, 5) is 15.5. The molecule has 5 rings (SSSR count). The first-order chi connectivity index (χ1) is 15.1. The normalized spacial score (nSPS) is 31.7. The minimum absolute atomic E-state index is 0.153. The summed E-state index contributed by atoms with van der Waals surface area (Å²) in [5, 5.41) is 3.52. The van der Waals surface area contributed by atoms with Gasteiger partial charge in [0.15, 0.2) is 0 Å². The van der Waals surface area contributed by atoms with Crippen LogP contribution in [0.3, 0.4) is 0 Å². The van der Waals surface area contributed by atoms with E-state index in [0.717, 1.165) is 43.5 Å². The number of nitrogens with zero attached hydrogens (tertiary/aromatic N) is 2. The number of hydrogen-bond acceptors (Lipinski definition) is 1. The zero-order chi connectivity index (χ0) is 21.3. The molecule has 2 aromatic carbocycles. The van der Waals surface area contributed by atoms with Gasteiger partial charge in [-0.15, -0.1) is 0 Å². The van der Waals surface area contributed by atoms with Crippen molar-refractivity contribution in [3.63, 3.8) is 0 Å². The maximum atomic E-state index is 13.3. The predicted octanol–water partition coefficient (Wildman–Crippen LogP) is 4.91. The number of carbonyl (C=O) groups excluding carboxylic acids is 1. The molecule has 2 aliphatic heterocycles. The van der Waals surface area contributed by atoms with Gasteiger partial charge in [-0.05, 0) is 24.3 Å². The van der Waals surface area contributed by atoms with Crippen molar-refractivity contribution in [3.8, 4) is 0 Å². The lowest BCUT2D eigenvalue weighted by Crippen LogP contribution is -2.54. The Labute approximate surface area is 186 Å². The Morgan fingerprint density at radius 1 is 0.935 bits per heavy atom. The molecule has 0 aromatic heterocycles. The van der Waals surface area contributed by atoms with Crippen LogP contribution in [0.2, 0.25) is 0 Å². The molecule has 1 unspecified atom stereocenters. The minimum Gasteiger partial charge on any atom is -0.326 e. The van der Waals surface area contributed by atoms with Crippen LogP contribution in [0.1, 0.15) is 49.7 Å². The molecule has 1 aliphatic carbocycles. The number of hydrogen-bond donors (Lipinski definition) is 1. The van der Waals surface area contributed by atoms with Crippen LogP contribution in [-0.2, 0) is 12.1 Å². The van der Waals surface area contributed by atoms with Gasteiger partial charge in [0.2, 0.25) is 0 Å². The van der Waals surface area contributed by atoms with E-state index in [1.807, 2.05) is 0 Å². The Morgan fingerprint density at radius 2 is 1.55 bits per heavy atom. The van der Waals surface area contributed by atoms with Crippen molar-refractivity contribution in [3.05, 3.63) is 71.8 Å². The van der Waals surface area contributed by atoms with E-state index in [2.05, 4.69) is 77.9 Å². The summed E-state index contributed by atoms with van der Waals surface area (Å²) in [6, 6.07) is 22.1.